The molecule has 0 unspecified atom stereocenters. The molecule has 4 heteroatoms. The lowest BCUT2D eigenvalue weighted by molar-refractivity contribution is 0.0693. The summed E-state index contributed by atoms with van der Waals surface area (Å²) in [6.07, 6.45) is 3.46. The molecule has 0 bridgehead atoms. The number of carboxylic acid groups (broad SMARTS) is 1. The summed E-state index contributed by atoms with van der Waals surface area (Å²) in [5, 5.41) is 18.6. The van der Waals surface area contributed by atoms with Gasteiger partial charge in [0.1, 0.15) is 22.7 Å². The minimum atomic E-state index is -1.15. The summed E-state index contributed by atoms with van der Waals surface area (Å²) in [6, 6.07) is 2.90. The molecule has 84 valence electrons. The topological polar surface area (TPSA) is 66.8 Å². The molecule has 1 aliphatic rings. The predicted molar refractivity (Wildman–Crippen MR) is 58.8 cm³/mol. The molecule has 0 fully saturated rings. The maximum atomic E-state index is 10.8. The number of fused-ring (bicyclic) bond motifs is 1. The molecule has 0 aliphatic carbocycles. The van der Waals surface area contributed by atoms with Crippen molar-refractivity contribution < 1.29 is 19.7 Å². The third kappa shape index (κ3) is 1.62. The lowest BCUT2D eigenvalue weighted by Crippen LogP contribution is -2.27. The monoisotopic (exact) mass is 220 g/mol. The van der Waals surface area contributed by atoms with E-state index in [4.69, 9.17) is 9.84 Å². The first-order valence-electron chi connectivity index (χ1n) is 4.88. The summed E-state index contributed by atoms with van der Waals surface area (Å²) < 4.78 is 5.60. The molecule has 0 amide bonds. The van der Waals surface area contributed by atoms with E-state index in [9.17, 15) is 9.90 Å². The van der Waals surface area contributed by atoms with Crippen LogP contribution in [0.15, 0.2) is 18.2 Å². The van der Waals surface area contributed by atoms with E-state index in [1.807, 2.05) is 13.8 Å². The summed E-state index contributed by atoms with van der Waals surface area (Å²) in [5.74, 6) is -0.912. The van der Waals surface area contributed by atoms with Crippen molar-refractivity contribution in [1.82, 2.24) is 0 Å². The number of rotatable bonds is 1. The van der Waals surface area contributed by atoms with Crippen LogP contribution >= 0.6 is 0 Å². The van der Waals surface area contributed by atoms with Crippen LogP contribution in [0, 0.1) is 0 Å². The first-order chi connectivity index (χ1) is 7.41. The summed E-state index contributed by atoms with van der Waals surface area (Å²) in [4.78, 5) is 10.8. The number of benzene rings is 1. The number of aromatic carboxylic acids is 1. The van der Waals surface area contributed by atoms with Crippen molar-refractivity contribution >= 4 is 12.0 Å². The predicted octanol–water partition coefficient (Wildman–Crippen LogP) is 2.27. The number of carbonyl (C=O) groups is 1. The Kier molecular flexibility index (Phi) is 2.15. The number of ether oxygens (including phenoxy) is 1. The van der Waals surface area contributed by atoms with Gasteiger partial charge in [-0.3, -0.25) is 0 Å². The van der Waals surface area contributed by atoms with E-state index >= 15 is 0 Å². The normalized spacial score (nSPS) is 16.4. The third-order valence-electron chi connectivity index (χ3n) is 2.43. The van der Waals surface area contributed by atoms with E-state index < -0.39 is 11.6 Å². The Morgan fingerprint density at radius 2 is 2.06 bits per heavy atom. The summed E-state index contributed by atoms with van der Waals surface area (Å²) in [5.41, 5.74) is -0.143. The molecule has 0 spiro atoms. The average molecular weight is 220 g/mol. The second kappa shape index (κ2) is 3.27. The minimum Gasteiger partial charge on any atom is -0.506 e. The van der Waals surface area contributed by atoms with Gasteiger partial charge in [0.05, 0.1) is 5.56 Å². The highest BCUT2D eigenvalue weighted by Gasteiger charge is 2.25. The smallest absolute Gasteiger partial charge is 0.339 e. The molecule has 1 aliphatic heterocycles. The van der Waals surface area contributed by atoms with Crippen molar-refractivity contribution in [2.24, 2.45) is 0 Å². The van der Waals surface area contributed by atoms with Crippen molar-refractivity contribution in [1.29, 1.82) is 0 Å². The van der Waals surface area contributed by atoms with Crippen molar-refractivity contribution in [3.05, 3.63) is 29.3 Å². The molecule has 4 nitrogen and oxygen atoms in total. The third-order valence-corrected chi connectivity index (χ3v) is 2.43. The fourth-order valence-electron chi connectivity index (χ4n) is 1.61. The fourth-order valence-corrected chi connectivity index (χ4v) is 1.61. The lowest BCUT2D eigenvalue weighted by atomic mass is 10.00. The Morgan fingerprint density at radius 3 is 2.69 bits per heavy atom. The van der Waals surface area contributed by atoms with Gasteiger partial charge in [-0.05, 0) is 38.1 Å². The Hall–Kier alpha value is -1.97. The zero-order valence-electron chi connectivity index (χ0n) is 9.02. The maximum Gasteiger partial charge on any atom is 0.339 e. The molecule has 0 saturated heterocycles. The lowest BCUT2D eigenvalue weighted by Gasteiger charge is -2.28. The molecular formula is C12H12O4. The molecule has 0 saturated carbocycles. The first kappa shape index (κ1) is 10.5. The number of carboxylic acids is 1. The highest BCUT2D eigenvalue weighted by molar-refractivity contribution is 5.93. The molecular weight excluding hydrogens is 208 g/mol. The van der Waals surface area contributed by atoms with E-state index in [0.717, 1.165) is 0 Å². The fraction of sp³-hybridized carbons (Fsp3) is 0.250. The molecule has 0 radical (unpaired) electrons. The van der Waals surface area contributed by atoms with E-state index in [1.165, 1.54) is 6.07 Å². The highest BCUT2D eigenvalue weighted by Crippen LogP contribution is 2.38. The van der Waals surface area contributed by atoms with Gasteiger partial charge in [-0.1, -0.05) is 0 Å². The second-order valence-electron chi connectivity index (χ2n) is 4.22. The van der Waals surface area contributed by atoms with Crippen LogP contribution in [0.25, 0.3) is 6.08 Å². The van der Waals surface area contributed by atoms with Crippen molar-refractivity contribution in [2.45, 2.75) is 19.4 Å². The van der Waals surface area contributed by atoms with Gasteiger partial charge < -0.3 is 14.9 Å². The van der Waals surface area contributed by atoms with Crippen molar-refractivity contribution in [3.63, 3.8) is 0 Å². The highest BCUT2D eigenvalue weighted by atomic mass is 16.5. The zero-order valence-corrected chi connectivity index (χ0v) is 9.02. The van der Waals surface area contributed by atoms with Gasteiger partial charge in [-0.25, -0.2) is 4.79 Å². The van der Waals surface area contributed by atoms with E-state index in [1.54, 1.807) is 18.2 Å². The average Bonchev–Trinajstić information content (AvgIpc) is 2.15. The molecule has 1 aromatic rings. The molecule has 0 atom stereocenters. The van der Waals surface area contributed by atoms with Gasteiger partial charge in [0.2, 0.25) is 0 Å². The van der Waals surface area contributed by atoms with Crippen LogP contribution in [0.5, 0.6) is 11.5 Å². The number of hydrogen-bond acceptors (Lipinski definition) is 3. The van der Waals surface area contributed by atoms with E-state index in [0.29, 0.717) is 11.3 Å². The molecule has 1 heterocycles. The Balaban J connectivity index is 2.57. The Labute approximate surface area is 92.8 Å². The van der Waals surface area contributed by atoms with Gasteiger partial charge >= 0.3 is 5.97 Å². The molecule has 16 heavy (non-hydrogen) atoms. The quantitative estimate of drug-likeness (QED) is 0.761. The van der Waals surface area contributed by atoms with Crippen molar-refractivity contribution in [2.75, 3.05) is 0 Å². The van der Waals surface area contributed by atoms with Crippen LogP contribution in [0.3, 0.4) is 0 Å². The maximum absolute atomic E-state index is 10.8. The standard InChI is InChI=1S/C12H12O4/c1-12(2)6-5-7-9(16-12)4-3-8(10(7)13)11(14)15/h3-6,13H,1-2H3,(H,14,15). The summed E-state index contributed by atoms with van der Waals surface area (Å²) >= 11 is 0. The Morgan fingerprint density at radius 1 is 1.38 bits per heavy atom. The molecule has 2 rings (SSSR count). The Bertz CT molecular complexity index is 486. The van der Waals surface area contributed by atoms with Crippen LogP contribution in [0.1, 0.15) is 29.8 Å². The first-order valence-corrected chi connectivity index (χ1v) is 4.88. The molecule has 0 aromatic heterocycles. The van der Waals surface area contributed by atoms with Crippen molar-refractivity contribution in [3.8, 4) is 11.5 Å². The number of phenols is 1. The van der Waals surface area contributed by atoms with Crippen LogP contribution in [0.4, 0.5) is 0 Å². The van der Waals surface area contributed by atoms with Crippen LogP contribution in [0.2, 0.25) is 0 Å². The molecule has 2 N–H and O–H groups in total. The summed E-state index contributed by atoms with van der Waals surface area (Å²) in [7, 11) is 0. The van der Waals surface area contributed by atoms with Gasteiger partial charge in [-0.2, -0.15) is 0 Å². The largest absolute Gasteiger partial charge is 0.506 e. The van der Waals surface area contributed by atoms with Crippen LogP contribution in [-0.2, 0) is 0 Å². The van der Waals surface area contributed by atoms with Crippen LogP contribution < -0.4 is 4.74 Å². The van der Waals surface area contributed by atoms with Gasteiger partial charge in [-0.15, -0.1) is 0 Å². The number of hydrogen-bond donors (Lipinski definition) is 2. The van der Waals surface area contributed by atoms with Gasteiger partial charge in [0, 0.05) is 0 Å². The minimum absolute atomic E-state index is 0.119. The number of aromatic hydroxyl groups is 1. The van der Waals surface area contributed by atoms with Gasteiger partial charge in [0.25, 0.3) is 0 Å². The summed E-state index contributed by atoms with van der Waals surface area (Å²) in [6.45, 7) is 3.77. The van der Waals surface area contributed by atoms with Gasteiger partial charge in [0.15, 0.2) is 0 Å². The van der Waals surface area contributed by atoms with Crippen LogP contribution in [-0.4, -0.2) is 21.8 Å². The molecule has 1 aromatic carbocycles. The second-order valence-corrected chi connectivity index (χ2v) is 4.22. The van der Waals surface area contributed by atoms with E-state index in [-0.39, 0.29) is 11.3 Å². The zero-order chi connectivity index (χ0) is 11.9. The SMILES string of the molecule is CC1(C)C=Cc2c(ccc(C(=O)O)c2O)O1. The van der Waals surface area contributed by atoms with E-state index in [2.05, 4.69) is 0 Å².